The van der Waals surface area contributed by atoms with Gasteiger partial charge in [0, 0.05) is 19.3 Å². The molecule has 9 heteroatoms. The highest BCUT2D eigenvalue weighted by atomic mass is 32.2. The number of carbonyl (C=O) groups is 2. The molecule has 150 valence electrons. The zero-order valence-electron chi connectivity index (χ0n) is 15.6. The molecule has 27 heavy (non-hydrogen) atoms. The number of nitrogens with zero attached hydrogens (tertiary/aromatic N) is 1. The third kappa shape index (κ3) is 5.04. The van der Waals surface area contributed by atoms with Crippen molar-refractivity contribution in [3.05, 3.63) is 35.6 Å². The van der Waals surface area contributed by atoms with Crippen LogP contribution in [0.2, 0.25) is 0 Å². The van der Waals surface area contributed by atoms with Crippen LogP contribution in [0.3, 0.4) is 0 Å². The van der Waals surface area contributed by atoms with Gasteiger partial charge in [0.1, 0.15) is 5.82 Å². The molecule has 7 nitrogen and oxygen atoms in total. The molecule has 0 bridgehead atoms. The van der Waals surface area contributed by atoms with E-state index in [0.29, 0.717) is 13.1 Å². The maximum absolute atomic E-state index is 13.0. The van der Waals surface area contributed by atoms with Crippen LogP contribution in [0.4, 0.5) is 4.39 Å². The average Bonchev–Trinajstić information content (AvgIpc) is 2.64. The van der Waals surface area contributed by atoms with Gasteiger partial charge >= 0.3 is 0 Å². The third-order valence-electron chi connectivity index (χ3n) is 4.92. The van der Waals surface area contributed by atoms with Gasteiger partial charge < -0.3 is 15.5 Å². The van der Waals surface area contributed by atoms with Crippen molar-refractivity contribution >= 4 is 21.7 Å². The maximum atomic E-state index is 13.0. The second-order valence-corrected chi connectivity index (χ2v) is 9.06. The van der Waals surface area contributed by atoms with Crippen molar-refractivity contribution in [3.63, 3.8) is 0 Å². The molecule has 0 spiro atoms. The Morgan fingerprint density at radius 3 is 2.33 bits per heavy atom. The molecule has 1 heterocycles. The van der Waals surface area contributed by atoms with Gasteiger partial charge in [-0.2, -0.15) is 0 Å². The molecule has 2 amide bonds. The lowest BCUT2D eigenvalue weighted by atomic mass is 9.95. The molecule has 1 saturated heterocycles. The largest absolute Gasteiger partial charge is 0.350 e. The summed E-state index contributed by atoms with van der Waals surface area (Å²) >= 11 is 0. The van der Waals surface area contributed by atoms with Crippen LogP contribution in [0.1, 0.15) is 25.3 Å². The monoisotopic (exact) mass is 399 g/mol. The average molecular weight is 399 g/mol. The Bertz CT molecular complexity index is 774. The first-order chi connectivity index (χ1) is 12.7. The van der Waals surface area contributed by atoms with Gasteiger partial charge in [0.15, 0.2) is 14.6 Å². The zero-order valence-corrected chi connectivity index (χ0v) is 16.4. The predicted octanol–water partition coefficient (Wildman–Crippen LogP) is 0.457. The van der Waals surface area contributed by atoms with E-state index in [0.717, 1.165) is 11.8 Å². The summed E-state index contributed by atoms with van der Waals surface area (Å²) in [7, 11) is -3.64. The van der Waals surface area contributed by atoms with Gasteiger partial charge in [-0.3, -0.25) is 9.59 Å². The van der Waals surface area contributed by atoms with Crippen LogP contribution in [0, 0.1) is 5.82 Å². The fourth-order valence-corrected chi connectivity index (χ4v) is 4.61. The fourth-order valence-electron chi connectivity index (χ4n) is 3.22. The number of rotatable bonds is 7. The number of benzene rings is 1. The Hall–Kier alpha value is -2.00. The van der Waals surface area contributed by atoms with Crippen molar-refractivity contribution in [1.82, 2.24) is 15.5 Å². The van der Waals surface area contributed by atoms with Crippen molar-refractivity contribution in [1.29, 1.82) is 0 Å². The van der Waals surface area contributed by atoms with E-state index in [1.165, 1.54) is 17.0 Å². The number of carbonyl (C=O) groups excluding carboxylic acids is 2. The highest BCUT2D eigenvalue weighted by molar-refractivity contribution is 7.92. The SMILES string of the molecule is CCN(CC(=O)NCc1ccc(F)cc1)C(=O)C1(S(C)(=O)=O)CCNCC1. The van der Waals surface area contributed by atoms with Crippen molar-refractivity contribution in [2.75, 3.05) is 32.4 Å². The molecule has 1 fully saturated rings. The summed E-state index contributed by atoms with van der Waals surface area (Å²) < 4.78 is 36.2. The predicted molar refractivity (Wildman–Crippen MR) is 100 cm³/mol. The summed E-state index contributed by atoms with van der Waals surface area (Å²) in [6, 6.07) is 5.73. The molecule has 0 radical (unpaired) electrons. The summed E-state index contributed by atoms with van der Waals surface area (Å²) in [5.41, 5.74) is 0.727. The summed E-state index contributed by atoms with van der Waals surface area (Å²) in [5, 5.41) is 5.74. The minimum atomic E-state index is -3.64. The summed E-state index contributed by atoms with van der Waals surface area (Å²) in [6.45, 7) is 2.79. The van der Waals surface area contributed by atoms with Crippen molar-refractivity contribution in [3.8, 4) is 0 Å². The van der Waals surface area contributed by atoms with Crippen LogP contribution in [0.15, 0.2) is 24.3 Å². The fraction of sp³-hybridized carbons (Fsp3) is 0.556. The molecule has 0 saturated carbocycles. The highest BCUT2D eigenvalue weighted by Gasteiger charge is 2.50. The second kappa shape index (κ2) is 8.79. The Morgan fingerprint density at radius 2 is 1.81 bits per heavy atom. The van der Waals surface area contributed by atoms with Crippen LogP contribution in [-0.2, 0) is 26.0 Å². The highest BCUT2D eigenvalue weighted by Crippen LogP contribution is 2.30. The normalized spacial score (nSPS) is 16.6. The van der Waals surface area contributed by atoms with Gasteiger partial charge in [0.2, 0.25) is 11.8 Å². The summed E-state index contributed by atoms with van der Waals surface area (Å²) in [6.07, 6.45) is 1.47. The van der Waals surface area contributed by atoms with Crippen LogP contribution >= 0.6 is 0 Å². The lowest BCUT2D eigenvalue weighted by Gasteiger charge is -2.38. The molecule has 0 aromatic heterocycles. The summed E-state index contributed by atoms with van der Waals surface area (Å²) in [4.78, 5) is 26.6. The summed E-state index contributed by atoms with van der Waals surface area (Å²) in [5.74, 6) is -1.28. The number of nitrogens with one attached hydrogen (secondary N) is 2. The molecule has 1 aliphatic rings. The topological polar surface area (TPSA) is 95.6 Å². The van der Waals surface area contributed by atoms with Gasteiger partial charge in [-0.1, -0.05) is 12.1 Å². The first-order valence-electron chi connectivity index (χ1n) is 8.90. The van der Waals surface area contributed by atoms with Gasteiger partial charge in [-0.15, -0.1) is 0 Å². The van der Waals surface area contributed by atoms with E-state index >= 15 is 0 Å². The first-order valence-corrected chi connectivity index (χ1v) is 10.8. The molecule has 2 rings (SSSR count). The minimum absolute atomic E-state index is 0.193. The number of sulfone groups is 1. The molecule has 0 unspecified atom stereocenters. The van der Waals surface area contributed by atoms with Crippen LogP contribution < -0.4 is 10.6 Å². The Labute approximate surface area is 159 Å². The van der Waals surface area contributed by atoms with E-state index in [1.54, 1.807) is 19.1 Å². The minimum Gasteiger partial charge on any atom is -0.350 e. The molecular formula is C18H26FN3O4S. The Kier molecular flexibility index (Phi) is 6.94. The molecule has 1 aliphatic heterocycles. The molecule has 0 aliphatic carbocycles. The number of halogens is 1. The van der Waals surface area contributed by atoms with Gasteiger partial charge in [0.05, 0.1) is 6.54 Å². The van der Waals surface area contributed by atoms with Gasteiger partial charge in [-0.05, 0) is 50.6 Å². The zero-order chi connectivity index (χ0) is 20.1. The molecule has 0 atom stereocenters. The third-order valence-corrected chi connectivity index (χ3v) is 6.92. The van der Waals surface area contributed by atoms with Gasteiger partial charge in [-0.25, -0.2) is 12.8 Å². The second-order valence-electron chi connectivity index (χ2n) is 6.74. The van der Waals surface area contributed by atoms with Crippen molar-refractivity contribution in [2.24, 2.45) is 0 Å². The lowest BCUT2D eigenvalue weighted by Crippen LogP contribution is -2.59. The van der Waals surface area contributed by atoms with Crippen LogP contribution in [0.25, 0.3) is 0 Å². The first kappa shape index (κ1) is 21.3. The Morgan fingerprint density at radius 1 is 1.22 bits per heavy atom. The smallest absolute Gasteiger partial charge is 0.244 e. The van der Waals surface area contributed by atoms with Gasteiger partial charge in [0.25, 0.3) is 0 Å². The van der Waals surface area contributed by atoms with E-state index in [-0.39, 0.29) is 38.3 Å². The van der Waals surface area contributed by atoms with E-state index in [1.807, 2.05) is 0 Å². The molecular weight excluding hydrogens is 373 g/mol. The van der Waals surface area contributed by atoms with E-state index in [4.69, 9.17) is 0 Å². The molecule has 2 N–H and O–H groups in total. The number of likely N-dealkylation sites (N-methyl/N-ethyl adjacent to an activating group) is 1. The quantitative estimate of drug-likeness (QED) is 0.694. The lowest BCUT2D eigenvalue weighted by molar-refractivity contribution is -0.138. The number of amides is 2. The standard InChI is InChI=1S/C18H26FN3O4S/c1-3-22(13-16(23)21-12-14-4-6-15(19)7-5-14)17(24)18(27(2,25)26)8-10-20-11-9-18/h4-7,20H,3,8-13H2,1-2H3,(H,21,23). The Balaban J connectivity index is 2.04. The van der Waals surface area contributed by atoms with E-state index < -0.39 is 26.4 Å². The number of hydrogen-bond donors (Lipinski definition) is 2. The van der Waals surface area contributed by atoms with Crippen molar-refractivity contribution in [2.45, 2.75) is 31.1 Å². The molecule has 1 aromatic rings. The number of hydrogen-bond acceptors (Lipinski definition) is 5. The van der Waals surface area contributed by atoms with E-state index in [2.05, 4.69) is 10.6 Å². The van der Waals surface area contributed by atoms with E-state index in [9.17, 15) is 22.4 Å². The number of piperidine rings is 1. The molecule has 1 aromatic carbocycles. The maximum Gasteiger partial charge on any atom is 0.244 e. The van der Waals surface area contributed by atoms with Crippen LogP contribution in [0.5, 0.6) is 0 Å². The van der Waals surface area contributed by atoms with Crippen molar-refractivity contribution < 1.29 is 22.4 Å². The van der Waals surface area contributed by atoms with Crippen LogP contribution in [-0.4, -0.2) is 62.3 Å².